The van der Waals surface area contributed by atoms with Crippen molar-refractivity contribution in [3.63, 3.8) is 0 Å². The Labute approximate surface area is 122 Å². The average molecular weight is 313 g/mol. The van der Waals surface area contributed by atoms with E-state index in [0.29, 0.717) is 10.0 Å². The second-order valence-electron chi connectivity index (χ2n) is 3.49. The molecule has 0 aliphatic heterocycles. The summed E-state index contributed by atoms with van der Waals surface area (Å²) in [7, 11) is 0. The smallest absolute Gasteiger partial charge is 0.122 e. The second-order valence-corrected chi connectivity index (χ2v) is 6.28. The summed E-state index contributed by atoms with van der Waals surface area (Å²) in [5.74, 6) is 0. The number of hydrogen-bond donors (Lipinski definition) is 0. The zero-order valence-corrected chi connectivity index (χ0v) is 12.1. The Bertz CT molecular complexity index is 712. The van der Waals surface area contributed by atoms with Crippen LogP contribution in [0.5, 0.6) is 0 Å². The Balaban J connectivity index is 2.06. The molecule has 2 heterocycles. The van der Waals surface area contributed by atoms with Gasteiger partial charge in [0.1, 0.15) is 11.4 Å². The summed E-state index contributed by atoms with van der Waals surface area (Å²) >= 11 is 15.3. The van der Waals surface area contributed by atoms with E-state index < -0.39 is 0 Å². The number of aromatic nitrogens is 2. The van der Waals surface area contributed by atoms with Gasteiger partial charge in [-0.25, -0.2) is 9.97 Å². The zero-order valence-electron chi connectivity index (χ0n) is 8.93. The fourth-order valence-electron chi connectivity index (χ4n) is 1.50. The standard InChI is InChI=1S/C12H6Cl2N2S2/c13-7-1-2-8(14)10(5-7)18-12-11-9(3-4-17-11)15-6-16-12/h1-6H. The SMILES string of the molecule is Clc1ccc(Cl)c(Sc2ncnc3ccsc23)c1. The van der Waals surface area contributed by atoms with Gasteiger partial charge in [-0.3, -0.25) is 0 Å². The molecule has 0 unspecified atom stereocenters. The first-order valence-corrected chi connectivity index (χ1v) is 7.50. The van der Waals surface area contributed by atoms with E-state index in [-0.39, 0.29) is 0 Å². The maximum absolute atomic E-state index is 6.15. The molecule has 2 nitrogen and oxygen atoms in total. The molecule has 6 heteroatoms. The summed E-state index contributed by atoms with van der Waals surface area (Å²) in [5.41, 5.74) is 0.954. The van der Waals surface area contributed by atoms with Gasteiger partial charge < -0.3 is 0 Å². The van der Waals surface area contributed by atoms with Crippen molar-refractivity contribution in [2.45, 2.75) is 9.92 Å². The number of thiophene rings is 1. The van der Waals surface area contributed by atoms with E-state index in [2.05, 4.69) is 9.97 Å². The number of nitrogens with zero attached hydrogens (tertiary/aromatic N) is 2. The molecule has 0 radical (unpaired) electrons. The van der Waals surface area contributed by atoms with Crippen molar-refractivity contribution < 1.29 is 0 Å². The van der Waals surface area contributed by atoms with Crippen LogP contribution in [0.2, 0.25) is 10.0 Å². The molecule has 90 valence electrons. The second kappa shape index (κ2) is 5.05. The predicted octanol–water partition coefficient (Wildman–Crippen LogP) is 5.15. The lowest BCUT2D eigenvalue weighted by atomic mass is 10.4. The van der Waals surface area contributed by atoms with Crippen LogP contribution in [0.3, 0.4) is 0 Å². The van der Waals surface area contributed by atoms with E-state index in [4.69, 9.17) is 23.2 Å². The summed E-state index contributed by atoms with van der Waals surface area (Å²) in [6.07, 6.45) is 1.57. The summed E-state index contributed by atoms with van der Waals surface area (Å²) < 4.78 is 1.07. The van der Waals surface area contributed by atoms with Crippen molar-refractivity contribution in [1.82, 2.24) is 9.97 Å². The number of benzene rings is 1. The molecule has 0 bridgehead atoms. The lowest BCUT2D eigenvalue weighted by Crippen LogP contribution is -1.83. The third-order valence-corrected chi connectivity index (χ3v) is 5.09. The Morgan fingerprint density at radius 3 is 2.89 bits per heavy atom. The summed E-state index contributed by atoms with van der Waals surface area (Å²) in [4.78, 5) is 9.42. The maximum atomic E-state index is 6.15. The van der Waals surface area contributed by atoms with Crippen LogP contribution in [0.15, 0.2) is 45.9 Å². The van der Waals surface area contributed by atoms with Gasteiger partial charge in [0.2, 0.25) is 0 Å². The third-order valence-electron chi connectivity index (χ3n) is 2.31. The van der Waals surface area contributed by atoms with E-state index in [9.17, 15) is 0 Å². The van der Waals surface area contributed by atoms with Crippen LogP contribution in [0, 0.1) is 0 Å². The molecule has 0 N–H and O–H groups in total. The quantitative estimate of drug-likeness (QED) is 0.612. The first-order chi connectivity index (χ1) is 8.74. The van der Waals surface area contributed by atoms with Crippen molar-refractivity contribution >= 4 is 56.5 Å². The van der Waals surface area contributed by atoms with Gasteiger partial charge in [0.25, 0.3) is 0 Å². The molecule has 3 rings (SSSR count). The number of hydrogen-bond acceptors (Lipinski definition) is 4. The van der Waals surface area contributed by atoms with Crippen LogP contribution in [-0.2, 0) is 0 Å². The minimum atomic E-state index is 0.665. The maximum Gasteiger partial charge on any atom is 0.122 e. The van der Waals surface area contributed by atoms with E-state index in [1.165, 1.54) is 11.8 Å². The predicted molar refractivity (Wildman–Crippen MR) is 78.0 cm³/mol. The first kappa shape index (κ1) is 12.2. The minimum Gasteiger partial charge on any atom is -0.235 e. The van der Waals surface area contributed by atoms with Crippen LogP contribution >= 0.6 is 46.3 Å². The molecule has 3 aromatic rings. The Hall–Kier alpha value is -0.810. The van der Waals surface area contributed by atoms with Gasteiger partial charge in [-0.05, 0) is 29.6 Å². The van der Waals surface area contributed by atoms with Gasteiger partial charge in [-0.15, -0.1) is 11.3 Å². The highest BCUT2D eigenvalue weighted by Crippen LogP contribution is 2.38. The lowest BCUT2D eigenvalue weighted by molar-refractivity contribution is 1.11. The number of halogens is 2. The monoisotopic (exact) mass is 312 g/mol. The number of fused-ring (bicyclic) bond motifs is 1. The number of rotatable bonds is 2. The minimum absolute atomic E-state index is 0.665. The normalized spacial score (nSPS) is 11.0. The van der Waals surface area contributed by atoms with Gasteiger partial charge in [-0.2, -0.15) is 0 Å². The van der Waals surface area contributed by atoms with Gasteiger partial charge in [0.05, 0.1) is 15.2 Å². The van der Waals surface area contributed by atoms with E-state index in [1.54, 1.807) is 29.8 Å². The first-order valence-electron chi connectivity index (χ1n) is 5.05. The highest BCUT2D eigenvalue weighted by molar-refractivity contribution is 7.99. The molecule has 0 saturated heterocycles. The fraction of sp³-hybridized carbons (Fsp3) is 0. The summed E-state index contributed by atoms with van der Waals surface area (Å²) in [5, 5.41) is 4.24. The molecule has 0 spiro atoms. The fourth-order valence-corrected chi connectivity index (χ4v) is 3.82. The molecule has 0 fully saturated rings. The van der Waals surface area contributed by atoms with Crippen LogP contribution in [0.1, 0.15) is 0 Å². The molecular formula is C12H6Cl2N2S2. The van der Waals surface area contributed by atoms with Crippen LogP contribution in [0.4, 0.5) is 0 Å². The molecule has 0 atom stereocenters. The highest BCUT2D eigenvalue weighted by atomic mass is 35.5. The zero-order chi connectivity index (χ0) is 12.5. The van der Waals surface area contributed by atoms with Gasteiger partial charge in [0.15, 0.2) is 0 Å². The highest BCUT2D eigenvalue weighted by Gasteiger charge is 2.09. The van der Waals surface area contributed by atoms with Crippen molar-refractivity contribution in [3.05, 3.63) is 46.0 Å². The molecule has 0 amide bonds. The Kier molecular flexibility index (Phi) is 3.43. The largest absolute Gasteiger partial charge is 0.235 e. The Morgan fingerprint density at radius 2 is 2.00 bits per heavy atom. The third kappa shape index (κ3) is 2.34. The van der Waals surface area contributed by atoms with Crippen LogP contribution in [-0.4, -0.2) is 9.97 Å². The van der Waals surface area contributed by atoms with Gasteiger partial charge in [-0.1, -0.05) is 35.0 Å². The lowest BCUT2D eigenvalue weighted by Gasteiger charge is -2.04. The molecule has 0 saturated carbocycles. The molecular weight excluding hydrogens is 307 g/mol. The average Bonchev–Trinajstić information content (AvgIpc) is 2.83. The Morgan fingerprint density at radius 1 is 1.11 bits per heavy atom. The molecule has 1 aromatic carbocycles. The summed E-state index contributed by atoms with van der Waals surface area (Å²) in [6.45, 7) is 0. The van der Waals surface area contributed by atoms with Gasteiger partial charge >= 0.3 is 0 Å². The molecule has 2 aromatic heterocycles. The van der Waals surface area contributed by atoms with Crippen molar-refractivity contribution in [3.8, 4) is 0 Å². The van der Waals surface area contributed by atoms with Crippen LogP contribution < -0.4 is 0 Å². The molecule has 0 aliphatic carbocycles. The van der Waals surface area contributed by atoms with Crippen molar-refractivity contribution in [2.75, 3.05) is 0 Å². The van der Waals surface area contributed by atoms with Crippen LogP contribution in [0.25, 0.3) is 10.2 Å². The van der Waals surface area contributed by atoms with E-state index >= 15 is 0 Å². The topological polar surface area (TPSA) is 25.8 Å². The summed E-state index contributed by atoms with van der Waals surface area (Å²) in [6, 6.07) is 7.38. The molecule has 0 aliphatic rings. The molecule has 18 heavy (non-hydrogen) atoms. The van der Waals surface area contributed by atoms with Crippen molar-refractivity contribution in [2.24, 2.45) is 0 Å². The van der Waals surface area contributed by atoms with Gasteiger partial charge in [0, 0.05) is 9.92 Å². The van der Waals surface area contributed by atoms with Crippen molar-refractivity contribution in [1.29, 1.82) is 0 Å². The van der Waals surface area contributed by atoms with E-state index in [0.717, 1.165) is 20.1 Å². The van der Waals surface area contributed by atoms with E-state index in [1.807, 2.05) is 17.5 Å².